The molecule has 57 heavy (non-hydrogen) atoms. The molecular formula is C43H49ClN8O5. The first kappa shape index (κ1) is 39.0. The van der Waals surface area contributed by atoms with Crippen LogP contribution in [-0.2, 0) is 51.2 Å². The third-order valence-corrected chi connectivity index (χ3v) is 13.6. The number of aliphatic carboxylic acids is 1. The van der Waals surface area contributed by atoms with Gasteiger partial charge in [0.2, 0.25) is 5.78 Å². The molecule has 2 saturated carbocycles. The average molecular weight is 793 g/mol. The van der Waals surface area contributed by atoms with Crippen LogP contribution in [0.3, 0.4) is 0 Å². The van der Waals surface area contributed by atoms with Gasteiger partial charge < -0.3 is 24.7 Å². The minimum absolute atomic E-state index is 0.0283. The van der Waals surface area contributed by atoms with E-state index >= 15 is 0 Å². The van der Waals surface area contributed by atoms with E-state index in [9.17, 15) is 29.9 Å². The van der Waals surface area contributed by atoms with Crippen molar-refractivity contribution in [3.63, 3.8) is 0 Å². The molecule has 2 aliphatic carbocycles. The molecule has 0 saturated heterocycles. The average Bonchev–Trinajstić information content (AvgIpc) is 3.94. The summed E-state index contributed by atoms with van der Waals surface area (Å²) in [5.41, 5.74) is 5.68. The third kappa shape index (κ3) is 7.18. The summed E-state index contributed by atoms with van der Waals surface area (Å²) in [7, 11) is 3.70. The monoisotopic (exact) mass is 792 g/mol. The van der Waals surface area contributed by atoms with Crippen LogP contribution < -0.4 is 5.32 Å². The van der Waals surface area contributed by atoms with Crippen molar-refractivity contribution < 1.29 is 24.6 Å². The number of hydrogen-bond acceptors (Lipinski definition) is 9. The number of nitriles is 1. The number of β-amino-alcohol motifs (C(OH)–C–C–N with tert-alkyl or cyclic N) is 1. The number of nitrogens with zero attached hydrogens (tertiary/aromatic N) is 7. The molecule has 2 fully saturated rings. The highest BCUT2D eigenvalue weighted by molar-refractivity contribution is 6.36. The number of aliphatic hydroxyl groups is 1. The number of halogens is 1. The zero-order valence-electron chi connectivity index (χ0n) is 32.8. The van der Waals surface area contributed by atoms with Crippen LogP contribution in [0.25, 0.3) is 11.1 Å². The Bertz CT molecular complexity index is 2310. The molecule has 4 aromatic rings. The molecule has 1 atom stereocenters. The van der Waals surface area contributed by atoms with Gasteiger partial charge in [-0.15, -0.1) is 0 Å². The molecule has 4 aliphatic rings. The van der Waals surface area contributed by atoms with Crippen molar-refractivity contribution in [2.75, 3.05) is 31.5 Å². The molecular weight excluding hydrogens is 744 g/mol. The van der Waals surface area contributed by atoms with Gasteiger partial charge >= 0.3 is 5.97 Å². The quantitative estimate of drug-likeness (QED) is 0.155. The number of carbonyl (C=O) groups excluding carboxylic acids is 2. The van der Waals surface area contributed by atoms with Gasteiger partial charge in [0.1, 0.15) is 6.07 Å². The van der Waals surface area contributed by atoms with E-state index in [2.05, 4.69) is 21.2 Å². The summed E-state index contributed by atoms with van der Waals surface area (Å²) in [5, 5.41) is 33.3. The van der Waals surface area contributed by atoms with E-state index in [-0.39, 0.29) is 28.5 Å². The zero-order chi connectivity index (χ0) is 40.2. The van der Waals surface area contributed by atoms with E-state index in [0.29, 0.717) is 53.4 Å². The van der Waals surface area contributed by atoms with Gasteiger partial charge in [0.05, 0.1) is 39.2 Å². The second-order valence-corrected chi connectivity index (χ2v) is 17.2. The Kier molecular flexibility index (Phi) is 10.4. The first-order valence-corrected chi connectivity index (χ1v) is 20.3. The van der Waals surface area contributed by atoms with Crippen molar-refractivity contribution in [1.29, 1.82) is 5.26 Å². The second-order valence-electron chi connectivity index (χ2n) is 16.8. The first-order chi connectivity index (χ1) is 27.3. The third-order valence-electron chi connectivity index (χ3n) is 13.2. The molecule has 3 N–H and O–H groups in total. The van der Waals surface area contributed by atoms with Gasteiger partial charge in [0, 0.05) is 88.6 Å². The number of ketones is 1. The first-order valence-electron chi connectivity index (χ1n) is 19.9. The lowest BCUT2D eigenvalue weighted by Crippen LogP contribution is -2.36. The van der Waals surface area contributed by atoms with Crippen molar-refractivity contribution in [2.45, 2.75) is 83.9 Å². The number of Topliss-reactive ketones (excluding diaryl/α,β-unsaturated/α-hetero) is 1. The highest BCUT2D eigenvalue weighted by atomic mass is 35.5. The van der Waals surface area contributed by atoms with E-state index < -0.39 is 23.4 Å². The Hall–Kier alpha value is -4.87. The molecule has 2 bridgehead atoms. The van der Waals surface area contributed by atoms with Crippen LogP contribution in [0.2, 0.25) is 5.02 Å². The van der Waals surface area contributed by atoms with Gasteiger partial charge in [0.15, 0.2) is 11.6 Å². The fraction of sp³-hybridized carbons (Fsp3) is 0.488. The van der Waals surface area contributed by atoms with Crippen molar-refractivity contribution >= 4 is 34.9 Å². The number of hydrogen-bond donors (Lipinski definition) is 3. The summed E-state index contributed by atoms with van der Waals surface area (Å²) < 4.78 is 3.70. The van der Waals surface area contributed by atoms with E-state index in [0.717, 1.165) is 93.8 Å². The van der Waals surface area contributed by atoms with Crippen molar-refractivity contribution in [1.82, 2.24) is 28.9 Å². The Labute approximate surface area is 337 Å². The van der Waals surface area contributed by atoms with Crippen LogP contribution >= 0.6 is 11.6 Å². The van der Waals surface area contributed by atoms with Gasteiger partial charge in [-0.05, 0) is 69.0 Å². The molecule has 2 aromatic carbocycles. The summed E-state index contributed by atoms with van der Waals surface area (Å²) in [5.74, 6) is -0.616. The van der Waals surface area contributed by atoms with Crippen LogP contribution in [0.1, 0.15) is 101 Å². The van der Waals surface area contributed by atoms with Gasteiger partial charge in [0.25, 0.3) is 5.91 Å². The number of carboxylic acid groups (broad SMARTS) is 1. The second kappa shape index (κ2) is 15.1. The zero-order valence-corrected chi connectivity index (χ0v) is 33.5. The predicted molar refractivity (Wildman–Crippen MR) is 214 cm³/mol. The van der Waals surface area contributed by atoms with Crippen LogP contribution in [-0.4, -0.2) is 89.1 Å². The van der Waals surface area contributed by atoms with E-state index in [4.69, 9.17) is 21.6 Å². The number of imidazole rings is 2. The van der Waals surface area contributed by atoms with Crippen molar-refractivity contribution in [3.8, 4) is 17.2 Å². The molecule has 13 nitrogen and oxygen atoms in total. The number of aliphatic hydroxyl groups excluding tert-OH is 1. The number of carboxylic acids is 1. The highest BCUT2D eigenvalue weighted by Gasteiger charge is 2.57. The molecule has 298 valence electrons. The molecule has 0 radical (unpaired) electrons. The van der Waals surface area contributed by atoms with Gasteiger partial charge in [-0.25, -0.2) is 9.97 Å². The lowest BCUT2D eigenvalue weighted by Gasteiger charge is -2.32. The number of fused-ring (bicyclic) bond motifs is 4. The van der Waals surface area contributed by atoms with E-state index in [1.807, 2.05) is 23.2 Å². The fourth-order valence-corrected chi connectivity index (χ4v) is 10.3. The molecule has 0 spiro atoms. The lowest BCUT2D eigenvalue weighted by molar-refractivity contribution is -0.148. The summed E-state index contributed by atoms with van der Waals surface area (Å²) in [6.07, 6.45) is 6.31. The van der Waals surface area contributed by atoms with Crippen molar-refractivity contribution in [3.05, 3.63) is 87.0 Å². The van der Waals surface area contributed by atoms with Crippen LogP contribution in [0.15, 0.2) is 36.4 Å². The molecule has 2 aromatic heterocycles. The number of amides is 1. The van der Waals surface area contributed by atoms with E-state index in [1.165, 1.54) is 0 Å². The van der Waals surface area contributed by atoms with Gasteiger partial charge in [-0.2, -0.15) is 5.26 Å². The smallest absolute Gasteiger partial charge is 0.309 e. The molecule has 1 amide bonds. The number of benzene rings is 2. The summed E-state index contributed by atoms with van der Waals surface area (Å²) in [6.45, 7) is 5.99. The van der Waals surface area contributed by atoms with Gasteiger partial charge in [-0.1, -0.05) is 41.9 Å². The van der Waals surface area contributed by atoms with Crippen LogP contribution in [0.4, 0.5) is 5.69 Å². The summed E-state index contributed by atoms with van der Waals surface area (Å²) in [6, 6.07) is 12.9. The Morgan fingerprint density at radius 1 is 0.930 bits per heavy atom. The summed E-state index contributed by atoms with van der Waals surface area (Å²) >= 11 is 6.99. The van der Waals surface area contributed by atoms with E-state index in [1.54, 1.807) is 43.3 Å². The SMILES string of the molecule is C[C@@H](O)CN1CCc2c(nc(C(=O)Cc3cccc(-c4cccc(NC(=O)c5nc6c(n5C)CCN(CCC57CCC(C(=O)O)(CC5)C7)C6)c4Cl)c3C#N)n2C)C1. The topological polar surface area (TPSA) is 170 Å². The molecule has 8 rings (SSSR count). The number of anilines is 1. The van der Waals surface area contributed by atoms with Crippen LogP contribution in [0, 0.1) is 22.2 Å². The summed E-state index contributed by atoms with van der Waals surface area (Å²) in [4.78, 5) is 53.5. The minimum Gasteiger partial charge on any atom is -0.481 e. The minimum atomic E-state index is -0.635. The maximum atomic E-state index is 13.8. The number of aromatic nitrogens is 4. The number of nitrogens with one attached hydrogen (secondary N) is 1. The molecule has 14 heteroatoms. The Balaban J connectivity index is 0.955. The Morgan fingerprint density at radius 3 is 2.23 bits per heavy atom. The predicted octanol–water partition coefficient (Wildman–Crippen LogP) is 5.55. The lowest BCUT2D eigenvalue weighted by atomic mass is 9.80. The maximum absolute atomic E-state index is 13.8. The highest BCUT2D eigenvalue weighted by Crippen LogP contribution is 2.63. The van der Waals surface area contributed by atoms with Crippen molar-refractivity contribution in [2.24, 2.45) is 24.9 Å². The number of carbonyl (C=O) groups is 3. The van der Waals surface area contributed by atoms with Gasteiger partial charge in [-0.3, -0.25) is 24.2 Å². The Morgan fingerprint density at radius 2 is 1.56 bits per heavy atom. The standard InChI is InChI=1S/C43H49ClN8O5/c1-26(53)22-52-18-11-34-33(24-52)46-38(49(34)2)36(54)20-27-6-4-7-28(30(27)21-45)29-8-5-9-31(37(29)44)48-40(55)39-47-32-23-51(17-10-35(32)50(39)3)19-16-42-12-14-43(25-42,15-13-42)41(56)57/h4-9,26,53H,10-20,22-25H2,1-3H3,(H,48,55)(H,56,57)/t26-,42?,43?/m1/s1. The van der Waals surface area contributed by atoms with Crippen LogP contribution in [0.5, 0.6) is 0 Å². The molecule has 4 heterocycles. The maximum Gasteiger partial charge on any atom is 0.309 e. The molecule has 0 unspecified atom stereocenters. The fourth-order valence-electron chi connectivity index (χ4n) is 10.1. The number of rotatable bonds is 12. The molecule has 2 aliphatic heterocycles. The normalized spacial score (nSPS) is 22.2. The largest absolute Gasteiger partial charge is 0.481 e.